The van der Waals surface area contributed by atoms with Gasteiger partial charge in [-0.05, 0) is 42.3 Å². The summed E-state index contributed by atoms with van der Waals surface area (Å²) in [5.41, 5.74) is 1.60. The number of hydrogen-bond acceptors (Lipinski definition) is 2. The topological polar surface area (TPSA) is 65.5 Å². The molecule has 0 saturated heterocycles. The van der Waals surface area contributed by atoms with Crippen LogP contribution in [0.4, 0.5) is 4.39 Å². The highest BCUT2D eigenvalue weighted by Gasteiger charge is 2.05. The van der Waals surface area contributed by atoms with Crippen molar-refractivity contribution in [3.05, 3.63) is 69.9 Å². The molecule has 146 valence electrons. The first kappa shape index (κ1) is 23.4. The van der Waals surface area contributed by atoms with Gasteiger partial charge < -0.3 is 16.0 Å². The molecule has 8 heteroatoms. The van der Waals surface area contributed by atoms with Gasteiger partial charge in [-0.2, -0.15) is 0 Å². The highest BCUT2D eigenvalue weighted by molar-refractivity contribution is 14.0. The van der Waals surface area contributed by atoms with Crippen LogP contribution in [0.5, 0.6) is 0 Å². The summed E-state index contributed by atoms with van der Waals surface area (Å²) in [6, 6.07) is 13.6. The van der Waals surface area contributed by atoms with Gasteiger partial charge in [0.2, 0.25) is 0 Å². The molecule has 0 fully saturated rings. The standard InChI is InChI=1S/C19H22BrFN4O.HI/c1-22-19(25-13-14-6-8-17(21)9-7-14)24-11-3-10-23-18(26)15-4-2-5-16(20)12-15;/h2,4-9,12H,3,10-11,13H2,1H3,(H,23,26)(H2,22,24,25);1H. The lowest BCUT2D eigenvalue weighted by molar-refractivity contribution is 0.0953. The van der Waals surface area contributed by atoms with Crippen LogP contribution in [0.2, 0.25) is 0 Å². The zero-order valence-corrected chi connectivity index (χ0v) is 18.9. The minimum Gasteiger partial charge on any atom is -0.356 e. The fraction of sp³-hybridized carbons (Fsp3) is 0.263. The van der Waals surface area contributed by atoms with Gasteiger partial charge in [-0.3, -0.25) is 9.79 Å². The van der Waals surface area contributed by atoms with E-state index in [0.29, 0.717) is 31.2 Å². The van der Waals surface area contributed by atoms with Crippen molar-refractivity contribution in [3.63, 3.8) is 0 Å². The molecule has 27 heavy (non-hydrogen) atoms. The van der Waals surface area contributed by atoms with Gasteiger partial charge in [0.15, 0.2) is 5.96 Å². The fourth-order valence-corrected chi connectivity index (χ4v) is 2.64. The first-order valence-electron chi connectivity index (χ1n) is 8.31. The van der Waals surface area contributed by atoms with E-state index in [0.717, 1.165) is 16.5 Å². The van der Waals surface area contributed by atoms with Crippen LogP contribution in [-0.2, 0) is 6.54 Å². The van der Waals surface area contributed by atoms with Crippen molar-refractivity contribution in [2.75, 3.05) is 20.1 Å². The van der Waals surface area contributed by atoms with Gasteiger partial charge in [-0.15, -0.1) is 24.0 Å². The molecule has 0 radical (unpaired) electrons. The second-order valence-corrected chi connectivity index (χ2v) is 6.51. The van der Waals surface area contributed by atoms with Crippen molar-refractivity contribution in [1.82, 2.24) is 16.0 Å². The Morgan fingerprint density at radius 2 is 1.78 bits per heavy atom. The second kappa shape index (κ2) is 12.7. The number of aliphatic imine (C=N–C) groups is 1. The van der Waals surface area contributed by atoms with Crippen molar-refractivity contribution in [2.45, 2.75) is 13.0 Å². The molecule has 1 amide bonds. The van der Waals surface area contributed by atoms with Crippen LogP contribution in [0.1, 0.15) is 22.3 Å². The van der Waals surface area contributed by atoms with Crippen LogP contribution >= 0.6 is 39.9 Å². The maximum Gasteiger partial charge on any atom is 0.251 e. The van der Waals surface area contributed by atoms with Crippen LogP contribution in [0, 0.1) is 5.82 Å². The molecule has 0 aliphatic rings. The maximum atomic E-state index is 12.9. The van der Waals surface area contributed by atoms with E-state index in [1.165, 1.54) is 12.1 Å². The van der Waals surface area contributed by atoms with Gasteiger partial charge in [0, 0.05) is 36.7 Å². The summed E-state index contributed by atoms with van der Waals surface area (Å²) in [5.74, 6) is 0.318. The number of benzene rings is 2. The Hall–Kier alpha value is -1.68. The Balaban J connectivity index is 0.00000364. The number of halogens is 3. The summed E-state index contributed by atoms with van der Waals surface area (Å²) in [6.07, 6.45) is 0.761. The number of nitrogens with zero attached hydrogens (tertiary/aromatic N) is 1. The molecular formula is C19H23BrFIN4O. The van der Waals surface area contributed by atoms with Gasteiger partial charge in [0.1, 0.15) is 5.82 Å². The highest BCUT2D eigenvalue weighted by atomic mass is 127. The van der Waals surface area contributed by atoms with Gasteiger partial charge in [0.05, 0.1) is 0 Å². The third-order valence-corrected chi connectivity index (χ3v) is 4.11. The van der Waals surface area contributed by atoms with Crippen molar-refractivity contribution in [3.8, 4) is 0 Å². The Kier molecular flexibility index (Phi) is 11.0. The van der Waals surface area contributed by atoms with Crippen molar-refractivity contribution >= 4 is 51.8 Å². The van der Waals surface area contributed by atoms with Crippen LogP contribution in [0.3, 0.4) is 0 Å². The Morgan fingerprint density at radius 1 is 1.07 bits per heavy atom. The summed E-state index contributed by atoms with van der Waals surface area (Å²) in [7, 11) is 1.69. The lowest BCUT2D eigenvalue weighted by Gasteiger charge is -2.12. The number of guanidine groups is 1. The minimum atomic E-state index is -0.249. The lowest BCUT2D eigenvalue weighted by Crippen LogP contribution is -2.38. The van der Waals surface area contributed by atoms with E-state index < -0.39 is 0 Å². The van der Waals surface area contributed by atoms with Crippen LogP contribution in [0.15, 0.2) is 58.0 Å². The van der Waals surface area contributed by atoms with Crippen LogP contribution in [0.25, 0.3) is 0 Å². The maximum absolute atomic E-state index is 12.9. The summed E-state index contributed by atoms with van der Waals surface area (Å²) in [4.78, 5) is 16.2. The van der Waals surface area contributed by atoms with Crippen LogP contribution in [-0.4, -0.2) is 32.0 Å². The average molecular weight is 549 g/mol. The first-order chi connectivity index (χ1) is 12.6. The summed E-state index contributed by atoms with van der Waals surface area (Å²) < 4.78 is 13.8. The van der Waals surface area contributed by atoms with Gasteiger partial charge in [-0.1, -0.05) is 34.1 Å². The van der Waals surface area contributed by atoms with Crippen molar-refractivity contribution in [2.24, 2.45) is 4.99 Å². The largest absolute Gasteiger partial charge is 0.356 e. The van der Waals surface area contributed by atoms with Crippen LogP contribution < -0.4 is 16.0 Å². The molecule has 2 aromatic carbocycles. The average Bonchev–Trinajstić information content (AvgIpc) is 2.65. The van der Waals surface area contributed by atoms with E-state index in [1.807, 2.05) is 12.1 Å². The molecule has 0 unspecified atom stereocenters. The molecule has 2 aromatic rings. The Morgan fingerprint density at radius 3 is 2.44 bits per heavy atom. The molecule has 2 rings (SSSR count). The van der Waals surface area contributed by atoms with E-state index in [-0.39, 0.29) is 35.7 Å². The Labute approximate surface area is 184 Å². The van der Waals surface area contributed by atoms with E-state index in [4.69, 9.17) is 0 Å². The van der Waals surface area contributed by atoms with Crippen molar-refractivity contribution in [1.29, 1.82) is 0 Å². The normalized spacial score (nSPS) is 10.7. The molecule has 0 aliphatic carbocycles. The predicted molar refractivity (Wildman–Crippen MR) is 121 cm³/mol. The molecule has 0 spiro atoms. The summed E-state index contributed by atoms with van der Waals surface area (Å²) in [5, 5.41) is 9.23. The monoisotopic (exact) mass is 548 g/mol. The number of rotatable bonds is 7. The predicted octanol–water partition coefficient (Wildman–Crippen LogP) is 3.69. The van der Waals surface area contributed by atoms with Gasteiger partial charge in [-0.25, -0.2) is 4.39 Å². The number of carbonyl (C=O) groups excluding carboxylic acids is 1. The number of nitrogens with one attached hydrogen (secondary N) is 3. The minimum absolute atomic E-state index is 0. The third kappa shape index (κ3) is 8.70. The number of hydrogen-bond donors (Lipinski definition) is 3. The smallest absolute Gasteiger partial charge is 0.251 e. The first-order valence-corrected chi connectivity index (χ1v) is 9.10. The number of carbonyl (C=O) groups is 1. The third-order valence-electron chi connectivity index (χ3n) is 3.62. The highest BCUT2D eigenvalue weighted by Crippen LogP contribution is 2.11. The molecule has 5 nitrogen and oxygen atoms in total. The van der Waals surface area contributed by atoms with Gasteiger partial charge in [0.25, 0.3) is 5.91 Å². The molecule has 0 aromatic heterocycles. The number of amides is 1. The summed E-state index contributed by atoms with van der Waals surface area (Å²) >= 11 is 3.35. The van der Waals surface area contributed by atoms with E-state index >= 15 is 0 Å². The molecular weight excluding hydrogens is 526 g/mol. The molecule has 3 N–H and O–H groups in total. The second-order valence-electron chi connectivity index (χ2n) is 5.60. The summed E-state index contributed by atoms with van der Waals surface area (Å²) in [6.45, 7) is 1.79. The van der Waals surface area contributed by atoms with E-state index in [2.05, 4.69) is 36.9 Å². The molecule has 0 atom stereocenters. The van der Waals surface area contributed by atoms with Crippen molar-refractivity contribution < 1.29 is 9.18 Å². The SMILES string of the molecule is CN=C(NCCCNC(=O)c1cccc(Br)c1)NCc1ccc(F)cc1.I. The molecule has 0 heterocycles. The lowest BCUT2D eigenvalue weighted by atomic mass is 10.2. The van der Waals surface area contributed by atoms with E-state index in [1.54, 1.807) is 31.3 Å². The zero-order valence-electron chi connectivity index (χ0n) is 15.0. The Bertz CT molecular complexity index is 756. The quantitative estimate of drug-likeness (QED) is 0.214. The fourth-order valence-electron chi connectivity index (χ4n) is 2.24. The zero-order chi connectivity index (χ0) is 18.8. The molecule has 0 aliphatic heterocycles. The van der Waals surface area contributed by atoms with Gasteiger partial charge >= 0.3 is 0 Å². The molecule has 0 bridgehead atoms. The van der Waals surface area contributed by atoms with E-state index in [9.17, 15) is 9.18 Å². The molecule has 0 saturated carbocycles.